The quantitative estimate of drug-likeness (QED) is 0.845. The second kappa shape index (κ2) is 5.48. The average molecular weight is 253 g/mol. The molecule has 0 radical (unpaired) electrons. The van der Waals surface area contributed by atoms with Crippen LogP contribution in [0.4, 0.5) is 5.69 Å². The molecule has 96 valence electrons. The standard InChI is InChI=1S/C16H15NO2/c1-11-6-3-4-9-15(11)17-12(2)13-7-5-8-14(10-13)16(18)19/h3-10H,1-2H3,(H,18,19). The predicted octanol–water partition coefficient (Wildman–Crippen LogP) is 3.83. The number of benzene rings is 2. The van der Waals surface area contributed by atoms with Crippen molar-refractivity contribution < 1.29 is 9.90 Å². The number of hydrogen-bond donors (Lipinski definition) is 1. The van der Waals surface area contributed by atoms with Crippen LogP contribution in [0.15, 0.2) is 53.5 Å². The molecule has 1 N–H and O–H groups in total. The highest BCUT2D eigenvalue weighted by Gasteiger charge is 2.05. The molecule has 0 aliphatic carbocycles. The van der Waals surface area contributed by atoms with Crippen LogP contribution < -0.4 is 0 Å². The summed E-state index contributed by atoms with van der Waals surface area (Å²) in [5.74, 6) is -0.925. The van der Waals surface area contributed by atoms with Crippen LogP contribution in [0.25, 0.3) is 0 Å². The molecule has 19 heavy (non-hydrogen) atoms. The van der Waals surface area contributed by atoms with Gasteiger partial charge in [0.05, 0.1) is 11.3 Å². The number of hydrogen-bond acceptors (Lipinski definition) is 2. The number of carboxylic acid groups (broad SMARTS) is 1. The Morgan fingerprint density at radius 3 is 2.42 bits per heavy atom. The molecular weight excluding hydrogens is 238 g/mol. The van der Waals surface area contributed by atoms with Gasteiger partial charge in [-0.15, -0.1) is 0 Å². The van der Waals surface area contributed by atoms with Crippen molar-refractivity contribution in [3.63, 3.8) is 0 Å². The monoisotopic (exact) mass is 253 g/mol. The number of nitrogens with zero attached hydrogens (tertiary/aromatic N) is 1. The molecule has 0 saturated heterocycles. The molecule has 3 heteroatoms. The topological polar surface area (TPSA) is 49.7 Å². The number of rotatable bonds is 3. The van der Waals surface area contributed by atoms with Crippen LogP contribution >= 0.6 is 0 Å². The van der Waals surface area contributed by atoms with Crippen molar-refractivity contribution in [2.24, 2.45) is 4.99 Å². The van der Waals surface area contributed by atoms with Gasteiger partial charge in [-0.2, -0.15) is 0 Å². The SMILES string of the molecule is CC(=Nc1ccccc1C)c1cccc(C(=O)O)c1. The molecule has 0 spiro atoms. The fourth-order valence-electron chi connectivity index (χ4n) is 1.81. The Labute approximate surface area is 112 Å². The highest BCUT2D eigenvalue weighted by molar-refractivity contribution is 6.02. The summed E-state index contributed by atoms with van der Waals surface area (Å²) in [7, 11) is 0. The maximum atomic E-state index is 10.9. The van der Waals surface area contributed by atoms with E-state index in [0.29, 0.717) is 0 Å². The van der Waals surface area contributed by atoms with E-state index in [4.69, 9.17) is 5.11 Å². The molecule has 2 aromatic carbocycles. The first-order chi connectivity index (χ1) is 9.08. The minimum atomic E-state index is -0.925. The van der Waals surface area contributed by atoms with Gasteiger partial charge >= 0.3 is 5.97 Å². The number of aliphatic imine (C=N–C) groups is 1. The molecule has 0 aliphatic heterocycles. The van der Waals surface area contributed by atoms with Crippen molar-refractivity contribution in [1.82, 2.24) is 0 Å². The van der Waals surface area contributed by atoms with Crippen LogP contribution in [-0.4, -0.2) is 16.8 Å². The summed E-state index contributed by atoms with van der Waals surface area (Å²) in [6.45, 7) is 3.88. The molecule has 3 nitrogen and oxygen atoms in total. The van der Waals surface area contributed by atoms with Gasteiger partial charge in [-0.05, 0) is 43.2 Å². The Hall–Kier alpha value is -2.42. The minimum absolute atomic E-state index is 0.275. The Kier molecular flexibility index (Phi) is 3.76. The highest BCUT2D eigenvalue weighted by atomic mass is 16.4. The van der Waals surface area contributed by atoms with Crippen LogP contribution in [0, 0.1) is 6.92 Å². The lowest BCUT2D eigenvalue weighted by Crippen LogP contribution is -2.00. The second-order valence-electron chi connectivity index (χ2n) is 4.37. The first kappa shape index (κ1) is 13.0. The van der Waals surface area contributed by atoms with E-state index < -0.39 is 5.97 Å². The molecule has 0 heterocycles. The van der Waals surface area contributed by atoms with Crippen molar-refractivity contribution in [2.75, 3.05) is 0 Å². The minimum Gasteiger partial charge on any atom is -0.478 e. The molecule has 2 aromatic rings. The van der Waals surface area contributed by atoms with E-state index in [-0.39, 0.29) is 5.56 Å². The van der Waals surface area contributed by atoms with E-state index in [0.717, 1.165) is 22.5 Å². The first-order valence-electron chi connectivity index (χ1n) is 6.02. The van der Waals surface area contributed by atoms with Crippen LogP contribution in [0.1, 0.15) is 28.4 Å². The van der Waals surface area contributed by atoms with Crippen molar-refractivity contribution in [3.05, 3.63) is 65.2 Å². The lowest BCUT2D eigenvalue weighted by atomic mass is 10.1. The van der Waals surface area contributed by atoms with Crippen LogP contribution in [0.2, 0.25) is 0 Å². The Bertz CT molecular complexity index is 645. The van der Waals surface area contributed by atoms with E-state index in [9.17, 15) is 4.79 Å². The van der Waals surface area contributed by atoms with E-state index in [2.05, 4.69) is 4.99 Å². The fraction of sp³-hybridized carbons (Fsp3) is 0.125. The van der Waals surface area contributed by atoms with Crippen LogP contribution in [0.3, 0.4) is 0 Å². The van der Waals surface area contributed by atoms with Crippen molar-refractivity contribution >= 4 is 17.4 Å². The maximum absolute atomic E-state index is 10.9. The molecule has 0 unspecified atom stereocenters. The highest BCUT2D eigenvalue weighted by Crippen LogP contribution is 2.19. The smallest absolute Gasteiger partial charge is 0.335 e. The van der Waals surface area contributed by atoms with Gasteiger partial charge in [0.2, 0.25) is 0 Å². The second-order valence-corrected chi connectivity index (χ2v) is 4.37. The maximum Gasteiger partial charge on any atom is 0.335 e. The molecule has 0 atom stereocenters. The van der Waals surface area contributed by atoms with E-state index in [1.807, 2.05) is 44.2 Å². The Balaban J connectivity index is 2.39. The summed E-state index contributed by atoms with van der Waals surface area (Å²) in [6, 6.07) is 14.7. The molecular formula is C16H15NO2. The van der Waals surface area contributed by atoms with E-state index in [1.165, 1.54) is 0 Å². The number of aryl methyl sites for hydroxylation is 1. The summed E-state index contributed by atoms with van der Waals surface area (Å²) in [5.41, 5.74) is 3.90. The first-order valence-corrected chi connectivity index (χ1v) is 6.02. The zero-order chi connectivity index (χ0) is 13.8. The summed E-state index contributed by atoms with van der Waals surface area (Å²) in [4.78, 5) is 15.5. The molecule has 0 saturated carbocycles. The zero-order valence-corrected chi connectivity index (χ0v) is 10.9. The molecule has 2 rings (SSSR count). The summed E-state index contributed by atoms with van der Waals surface area (Å²) in [5, 5.41) is 8.99. The third-order valence-corrected chi connectivity index (χ3v) is 2.93. The lowest BCUT2D eigenvalue weighted by Gasteiger charge is -2.04. The largest absolute Gasteiger partial charge is 0.478 e. The van der Waals surface area contributed by atoms with E-state index in [1.54, 1.807) is 18.2 Å². The molecule has 0 amide bonds. The van der Waals surface area contributed by atoms with Gasteiger partial charge in [0.15, 0.2) is 0 Å². The lowest BCUT2D eigenvalue weighted by molar-refractivity contribution is 0.0697. The van der Waals surface area contributed by atoms with Crippen molar-refractivity contribution in [1.29, 1.82) is 0 Å². The van der Waals surface area contributed by atoms with Gasteiger partial charge in [-0.25, -0.2) is 4.79 Å². The predicted molar refractivity (Wildman–Crippen MR) is 76.5 cm³/mol. The number of aromatic carboxylic acids is 1. The van der Waals surface area contributed by atoms with Gasteiger partial charge < -0.3 is 5.11 Å². The van der Waals surface area contributed by atoms with Crippen LogP contribution in [-0.2, 0) is 0 Å². The van der Waals surface area contributed by atoms with E-state index >= 15 is 0 Å². The molecule has 0 fully saturated rings. The molecule has 0 aliphatic rings. The van der Waals surface area contributed by atoms with Crippen molar-refractivity contribution in [2.45, 2.75) is 13.8 Å². The Morgan fingerprint density at radius 1 is 1.05 bits per heavy atom. The van der Waals surface area contributed by atoms with Crippen LogP contribution in [0.5, 0.6) is 0 Å². The third kappa shape index (κ3) is 3.07. The Morgan fingerprint density at radius 2 is 1.74 bits per heavy atom. The van der Waals surface area contributed by atoms with Gasteiger partial charge in [-0.1, -0.05) is 30.3 Å². The summed E-state index contributed by atoms with van der Waals surface area (Å²) in [6.07, 6.45) is 0. The third-order valence-electron chi connectivity index (χ3n) is 2.93. The zero-order valence-electron chi connectivity index (χ0n) is 10.9. The number of carboxylic acids is 1. The van der Waals surface area contributed by atoms with Gasteiger partial charge in [0.25, 0.3) is 0 Å². The normalized spacial score (nSPS) is 11.4. The average Bonchev–Trinajstić information content (AvgIpc) is 2.41. The van der Waals surface area contributed by atoms with Gasteiger partial charge in [0, 0.05) is 5.71 Å². The summed E-state index contributed by atoms with van der Waals surface area (Å²) < 4.78 is 0. The van der Waals surface area contributed by atoms with Gasteiger partial charge in [-0.3, -0.25) is 4.99 Å². The van der Waals surface area contributed by atoms with Gasteiger partial charge in [0.1, 0.15) is 0 Å². The number of para-hydroxylation sites is 1. The van der Waals surface area contributed by atoms with Crippen molar-refractivity contribution in [3.8, 4) is 0 Å². The molecule has 0 aromatic heterocycles. The summed E-state index contributed by atoms with van der Waals surface area (Å²) >= 11 is 0. The molecule has 0 bridgehead atoms. The number of carbonyl (C=O) groups is 1. The fourth-order valence-corrected chi connectivity index (χ4v) is 1.81.